The summed E-state index contributed by atoms with van der Waals surface area (Å²) in [5.41, 5.74) is 1.99. The van der Waals surface area contributed by atoms with Gasteiger partial charge in [-0.2, -0.15) is 12.6 Å². The quantitative estimate of drug-likeness (QED) is 0.787. The number of amides is 1. The number of rotatable bonds is 4. The molecule has 0 aliphatic carbocycles. The van der Waals surface area contributed by atoms with Gasteiger partial charge in [0.1, 0.15) is 0 Å². The maximum absolute atomic E-state index is 11.7. The lowest BCUT2D eigenvalue weighted by Gasteiger charge is -2.14. The molecule has 0 bridgehead atoms. The summed E-state index contributed by atoms with van der Waals surface area (Å²) >= 11 is 4.26. The van der Waals surface area contributed by atoms with Gasteiger partial charge in [0.15, 0.2) is 0 Å². The second-order valence-corrected chi connectivity index (χ2v) is 4.73. The summed E-state index contributed by atoms with van der Waals surface area (Å²) in [5, 5.41) is 2.58. The van der Waals surface area contributed by atoms with E-state index < -0.39 is 0 Å². The number of aromatic nitrogens is 1. The Labute approximate surface area is 102 Å². The first kappa shape index (κ1) is 13.0. The number of hydrogen-bond donors (Lipinski definition) is 2. The van der Waals surface area contributed by atoms with Gasteiger partial charge in [-0.15, -0.1) is 0 Å². The Kier molecular flexibility index (Phi) is 4.80. The molecule has 1 N–H and O–H groups in total. The first-order valence-electron chi connectivity index (χ1n) is 5.38. The van der Waals surface area contributed by atoms with Crippen molar-refractivity contribution in [3.05, 3.63) is 29.6 Å². The van der Waals surface area contributed by atoms with Crippen LogP contribution < -0.4 is 5.32 Å². The molecule has 1 amide bonds. The fraction of sp³-hybridized carbons (Fsp3) is 0.500. The van der Waals surface area contributed by atoms with Gasteiger partial charge in [-0.3, -0.25) is 9.78 Å². The molecule has 1 atom stereocenters. The zero-order valence-corrected chi connectivity index (χ0v) is 10.8. The van der Waals surface area contributed by atoms with Crippen molar-refractivity contribution in [1.82, 2.24) is 10.3 Å². The normalized spacial score (nSPS) is 12.6. The molecule has 1 aromatic rings. The van der Waals surface area contributed by atoms with Crippen molar-refractivity contribution in [3.63, 3.8) is 0 Å². The van der Waals surface area contributed by atoms with Crippen molar-refractivity contribution in [2.75, 3.05) is 0 Å². The number of pyridine rings is 1. The summed E-state index contributed by atoms with van der Waals surface area (Å²) < 4.78 is 0. The van der Waals surface area contributed by atoms with Crippen LogP contribution >= 0.6 is 12.6 Å². The Morgan fingerprint density at radius 3 is 2.81 bits per heavy atom. The lowest BCUT2D eigenvalue weighted by atomic mass is 10.1. The maximum atomic E-state index is 11.7. The van der Waals surface area contributed by atoms with Gasteiger partial charge in [-0.1, -0.05) is 19.9 Å². The summed E-state index contributed by atoms with van der Waals surface area (Å²) in [4.78, 5) is 15.9. The second kappa shape index (κ2) is 5.89. The molecule has 0 aromatic carbocycles. The zero-order valence-electron chi connectivity index (χ0n) is 9.90. The molecule has 4 heteroatoms. The molecule has 0 radical (unpaired) electrons. The molecular weight excluding hydrogens is 220 g/mol. The van der Waals surface area contributed by atoms with Crippen molar-refractivity contribution < 1.29 is 4.79 Å². The highest BCUT2D eigenvalue weighted by atomic mass is 32.1. The average Bonchev–Trinajstić information content (AvgIpc) is 2.26. The van der Waals surface area contributed by atoms with E-state index in [0.717, 1.165) is 11.3 Å². The Bertz CT molecular complexity index is 366. The minimum Gasteiger partial charge on any atom is -0.349 e. The van der Waals surface area contributed by atoms with E-state index in [2.05, 4.69) is 22.9 Å². The SMILES string of the molecule is Cc1cccnc1CNC(=O)C(S)C(C)C. The van der Waals surface area contributed by atoms with Crippen molar-refractivity contribution in [1.29, 1.82) is 0 Å². The lowest BCUT2D eigenvalue weighted by Crippen LogP contribution is -2.34. The van der Waals surface area contributed by atoms with E-state index in [1.165, 1.54) is 0 Å². The van der Waals surface area contributed by atoms with Crippen molar-refractivity contribution in [2.45, 2.75) is 32.6 Å². The number of thiol groups is 1. The molecule has 1 heterocycles. The fourth-order valence-electron chi connectivity index (χ4n) is 1.28. The number of aryl methyl sites for hydroxylation is 1. The monoisotopic (exact) mass is 238 g/mol. The van der Waals surface area contributed by atoms with E-state index in [4.69, 9.17) is 0 Å². The smallest absolute Gasteiger partial charge is 0.233 e. The first-order chi connectivity index (χ1) is 7.52. The molecule has 1 unspecified atom stereocenters. The van der Waals surface area contributed by atoms with Gasteiger partial charge in [-0.05, 0) is 24.5 Å². The number of nitrogens with one attached hydrogen (secondary N) is 1. The van der Waals surface area contributed by atoms with Crippen LogP contribution in [0.15, 0.2) is 18.3 Å². The molecule has 1 aromatic heterocycles. The molecule has 0 saturated carbocycles. The number of carbonyl (C=O) groups excluding carboxylic acids is 1. The average molecular weight is 238 g/mol. The summed E-state index contributed by atoms with van der Waals surface area (Å²) in [5.74, 6) is 0.191. The van der Waals surface area contributed by atoms with Crippen LogP contribution in [-0.2, 0) is 11.3 Å². The van der Waals surface area contributed by atoms with Gasteiger partial charge >= 0.3 is 0 Å². The van der Waals surface area contributed by atoms with Gasteiger partial charge in [0, 0.05) is 6.20 Å². The predicted molar refractivity (Wildman–Crippen MR) is 68.4 cm³/mol. The van der Waals surface area contributed by atoms with Crippen LogP contribution in [0.5, 0.6) is 0 Å². The van der Waals surface area contributed by atoms with E-state index in [1.54, 1.807) is 6.20 Å². The predicted octanol–water partition coefficient (Wildman–Crippen LogP) is 1.96. The lowest BCUT2D eigenvalue weighted by molar-refractivity contribution is -0.121. The van der Waals surface area contributed by atoms with E-state index in [1.807, 2.05) is 32.9 Å². The molecule has 0 saturated heterocycles. The van der Waals surface area contributed by atoms with E-state index in [-0.39, 0.29) is 17.1 Å². The summed E-state index contributed by atoms with van der Waals surface area (Å²) in [6.45, 7) is 6.40. The highest BCUT2D eigenvalue weighted by Gasteiger charge is 2.17. The molecule has 1 rings (SSSR count). The number of hydrogen-bond acceptors (Lipinski definition) is 3. The van der Waals surface area contributed by atoms with Crippen LogP contribution in [0.1, 0.15) is 25.1 Å². The third-order valence-corrected chi connectivity index (χ3v) is 3.28. The first-order valence-corrected chi connectivity index (χ1v) is 5.90. The summed E-state index contributed by atoms with van der Waals surface area (Å²) in [7, 11) is 0. The van der Waals surface area contributed by atoms with Gasteiger partial charge in [-0.25, -0.2) is 0 Å². The van der Waals surface area contributed by atoms with E-state index in [9.17, 15) is 4.79 Å². The van der Waals surface area contributed by atoms with Crippen LogP contribution in [0.25, 0.3) is 0 Å². The van der Waals surface area contributed by atoms with E-state index >= 15 is 0 Å². The largest absolute Gasteiger partial charge is 0.349 e. The molecule has 16 heavy (non-hydrogen) atoms. The molecular formula is C12H18N2OS. The van der Waals surface area contributed by atoms with Crippen LogP contribution in [0.2, 0.25) is 0 Å². The van der Waals surface area contributed by atoms with Gasteiger partial charge < -0.3 is 5.32 Å². The van der Waals surface area contributed by atoms with Gasteiger partial charge in [0.2, 0.25) is 5.91 Å². The topological polar surface area (TPSA) is 42.0 Å². The fourth-order valence-corrected chi connectivity index (χ4v) is 1.37. The molecule has 88 valence electrons. The van der Waals surface area contributed by atoms with Crippen molar-refractivity contribution >= 4 is 18.5 Å². The minimum atomic E-state index is -0.260. The minimum absolute atomic E-state index is 0.0385. The summed E-state index contributed by atoms with van der Waals surface area (Å²) in [6, 6.07) is 3.87. The molecule has 0 aliphatic rings. The number of nitrogens with zero attached hydrogens (tertiary/aromatic N) is 1. The van der Waals surface area contributed by atoms with Crippen LogP contribution in [0.3, 0.4) is 0 Å². The molecule has 3 nitrogen and oxygen atoms in total. The van der Waals surface area contributed by atoms with Gasteiger partial charge in [0.05, 0.1) is 17.5 Å². The second-order valence-electron chi connectivity index (χ2n) is 4.17. The van der Waals surface area contributed by atoms with Crippen molar-refractivity contribution in [2.24, 2.45) is 5.92 Å². The highest BCUT2D eigenvalue weighted by Crippen LogP contribution is 2.09. The Morgan fingerprint density at radius 1 is 1.56 bits per heavy atom. The molecule has 0 fully saturated rings. The van der Waals surface area contributed by atoms with Crippen LogP contribution in [0.4, 0.5) is 0 Å². The highest BCUT2D eigenvalue weighted by molar-refractivity contribution is 7.81. The zero-order chi connectivity index (χ0) is 12.1. The Morgan fingerprint density at radius 2 is 2.25 bits per heavy atom. The Balaban J connectivity index is 2.52. The molecule has 0 spiro atoms. The van der Waals surface area contributed by atoms with Crippen LogP contribution in [-0.4, -0.2) is 16.1 Å². The number of carbonyl (C=O) groups is 1. The standard InChI is InChI=1S/C12H18N2OS/c1-8(2)11(16)12(15)14-7-10-9(3)5-4-6-13-10/h4-6,8,11,16H,7H2,1-3H3,(H,14,15). The van der Waals surface area contributed by atoms with Gasteiger partial charge in [0.25, 0.3) is 0 Å². The van der Waals surface area contributed by atoms with Crippen LogP contribution in [0, 0.1) is 12.8 Å². The summed E-state index contributed by atoms with van der Waals surface area (Å²) in [6.07, 6.45) is 1.73. The third kappa shape index (κ3) is 3.52. The van der Waals surface area contributed by atoms with Crippen molar-refractivity contribution in [3.8, 4) is 0 Å². The van der Waals surface area contributed by atoms with E-state index in [0.29, 0.717) is 6.54 Å². The third-order valence-electron chi connectivity index (χ3n) is 2.45. The maximum Gasteiger partial charge on any atom is 0.233 e. The Hall–Kier alpha value is -1.03. The molecule has 0 aliphatic heterocycles.